The maximum atomic E-state index is 12.3. The summed E-state index contributed by atoms with van der Waals surface area (Å²) in [5.41, 5.74) is 9.56. The molecule has 0 bridgehead atoms. The number of nitrogens with one attached hydrogen (secondary N) is 2. The zero-order valence-corrected chi connectivity index (χ0v) is 16.6. The highest BCUT2D eigenvalue weighted by Crippen LogP contribution is 2.21. The number of carbonyl (C=O) groups excluding carboxylic acids is 2. The summed E-state index contributed by atoms with van der Waals surface area (Å²) in [4.78, 5) is 30.9. The van der Waals surface area contributed by atoms with Crippen molar-refractivity contribution in [2.75, 3.05) is 10.6 Å². The summed E-state index contributed by atoms with van der Waals surface area (Å²) in [6.07, 6.45) is 7.02. The number of imidazole rings is 1. The Hall–Kier alpha value is -3.94. The highest BCUT2D eigenvalue weighted by molar-refractivity contribution is 6.24. The van der Waals surface area contributed by atoms with Crippen LogP contribution in [0.1, 0.15) is 17.0 Å². The van der Waals surface area contributed by atoms with Crippen LogP contribution in [0.4, 0.5) is 11.4 Å². The van der Waals surface area contributed by atoms with Gasteiger partial charge in [0, 0.05) is 42.7 Å². The fourth-order valence-corrected chi connectivity index (χ4v) is 2.34. The van der Waals surface area contributed by atoms with Gasteiger partial charge in [-0.05, 0) is 43.7 Å². The van der Waals surface area contributed by atoms with E-state index < -0.39 is 0 Å². The van der Waals surface area contributed by atoms with Gasteiger partial charge in [-0.15, -0.1) is 0 Å². The second-order valence-corrected chi connectivity index (χ2v) is 6.19. The van der Waals surface area contributed by atoms with Gasteiger partial charge in [-0.3, -0.25) is 14.6 Å². The summed E-state index contributed by atoms with van der Waals surface area (Å²) in [5, 5.41) is 5.32. The second-order valence-electron chi connectivity index (χ2n) is 6.19. The molecule has 0 atom stereocenters. The van der Waals surface area contributed by atoms with Gasteiger partial charge in [0.2, 0.25) is 6.41 Å². The minimum Gasteiger partial charge on any atom is -0.404 e. The summed E-state index contributed by atoms with van der Waals surface area (Å²) in [6.45, 7) is 3.88. The lowest BCUT2D eigenvalue weighted by Gasteiger charge is -2.10. The van der Waals surface area contributed by atoms with Crippen molar-refractivity contribution in [1.82, 2.24) is 14.5 Å². The smallest absolute Gasteiger partial charge is 0.259 e. The summed E-state index contributed by atoms with van der Waals surface area (Å²) >= 11 is 0. The maximum Gasteiger partial charge on any atom is 0.259 e. The van der Waals surface area contributed by atoms with E-state index in [1.165, 1.54) is 11.9 Å². The number of nitrogens with two attached hydrogens (primary N) is 1. The molecule has 2 amide bonds. The molecule has 0 radical (unpaired) electrons. The van der Waals surface area contributed by atoms with Gasteiger partial charge >= 0.3 is 0 Å². The van der Waals surface area contributed by atoms with Crippen LogP contribution in [0.5, 0.6) is 0 Å². The number of hydrogen-bond donors (Lipinski definition) is 3. The zero-order chi connectivity index (χ0) is 21.2. The first-order valence-electron chi connectivity index (χ1n) is 8.84. The van der Waals surface area contributed by atoms with Crippen LogP contribution < -0.4 is 16.4 Å². The van der Waals surface area contributed by atoms with Crippen molar-refractivity contribution < 1.29 is 9.59 Å². The lowest BCUT2D eigenvalue weighted by molar-refractivity contribution is -0.111. The quantitative estimate of drug-likeness (QED) is 0.456. The van der Waals surface area contributed by atoms with E-state index in [0.717, 1.165) is 5.56 Å². The maximum absolute atomic E-state index is 12.3. The Labute approximate surface area is 169 Å². The van der Waals surface area contributed by atoms with E-state index in [2.05, 4.69) is 20.6 Å². The number of aryl methyl sites for hydroxylation is 3. The van der Waals surface area contributed by atoms with Crippen LogP contribution in [0, 0.1) is 13.8 Å². The van der Waals surface area contributed by atoms with Crippen LogP contribution in [0.15, 0.2) is 61.3 Å². The van der Waals surface area contributed by atoms with E-state index in [9.17, 15) is 9.59 Å². The topological polar surface area (TPSA) is 115 Å². The number of pyridine rings is 1. The molecule has 2 heterocycles. The highest BCUT2D eigenvalue weighted by atomic mass is 16.1. The summed E-state index contributed by atoms with van der Waals surface area (Å²) in [6, 6.07) is 10.5. The van der Waals surface area contributed by atoms with Crippen molar-refractivity contribution in [2.45, 2.75) is 13.8 Å². The predicted octanol–water partition coefficient (Wildman–Crippen LogP) is 2.63. The molecule has 0 spiro atoms. The fourth-order valence-electron chi connectivity index (χ4n) is 2.34. The molecule has 0 aliphatic heterocycles. The molecule has 0 saturated heterocycles. The molecule has 0 saturated carbocycles. The molecule has 3 rings (SSSR count). The standard InChI is InChI=1S/C16H16N4O2.C5H8N2/c1-11-5-6-12(8-15(11)19-10-21)20-16(22)13(9-17)14-4-2-3-7-18-14;1-5-3-6-4-7(5)2/h2-10H,17H2,1H3,(H,19,21)(H,20,22);3-4H,1-2H3/b13-9+;. The van der Waals surface area contributed by atoms with E-state index in [-0.39, 0.29) is 11.5 Å². The van der Waals surface area contributed by atoms with Gasteiger partial charge in [0.05, 0.1) is 17.6 Å². The number of aromatic nitrogens is 3. The molecule has 29 heavy (non-hydrogen) atoms. The predicted molar refractivity (Wildman–Crippen MR) is 114 cm³/mol. The van der Waals surface area contributed by atoms with Crippen LogP contribution >= 0.6 is 0 Å². The number of anilines is 2. The van der Waals surface area contributed by atoms with Gasteiger partial charge < -0.3 is 20.9 Å². The normalized spacial score (nSPS) is 10.5. The Morgan fingerprint density at radius 3 is 2.52 bits per heavy atom. The second kappa shape index (κ2) is 10.4. The van der Waals surface area contributed by atoms with Crippen LogP contribution in [0.2, 0.25) is 0 Å². The Kier molecular flexibility index (Phi) is 7.67. The third-order valence-electron chi connectivity index (χ3n) is 4.12. The number of hydrogen-bond acceptors (Lipinski definition) is 5. The summed E-state index contributed by atoms with van der Waals surface area (Å²) in [7, 11) is 1.97. The Bertz CT molecular complexity index is 979. The van der Waals surface area contributed by atoms with Crippen LogP contribution in [0.3, 0.4) is 0 Å². The van der Waals surface area contributed by atoms with E-state index in [1.54, 1.807) is 48.9 Å². The van der Waals surface area contributed by atoms with Gasteiger partial charge in [0.25, 0.3) is 5.91 Å². The molecule has 0 fully saturated rings. The van der Waals surface area contributed by atoms with Crippen LogP contribution in [-0.2, 0) is 16.6 Å². The van der Waals surface area contributed by atoms with Crippen molar-refractivity contribution >= 4 is 29.3 Å². The highest BCUT2D eigenvalue weighted by Gasteiger charge is 2.13. The first-order chi connectivity index (χ1) is 14.0. The molecular weight excluding hydrogens is 368 g/mol. The van der Waals surface area contributed by atoms with Gasteiger partial charge in [-0.1, -0.05) is 12.1 Å². The lowest BCUT2D eigenvalue weighted by atomic mass is 10.1. The van der Waals surface area contributed by atoms with E-state index in [1.807, 2.05) is 31.7 Å². The van der Waals surface area contributed by atoms with Crippen molar-refractivity contribution in [3.8, 4) is 0 Å². The molecule has 2 aromatic heterocycles. The third kappa shape index (κ3) is 6.03. The first kappa shape index (κ1) is 21.4. The molecule has 150 valence electrons. The molecule has 8 heteroatoms. The van der Waals surface area contributed by atoms with Crippen LogP contribution in [0.25, 0.3) is 5.57 Å². The van der Waals surface area contributed by atoms with Gasteiger partial charge in [-0.25, -0.2) is 4.98 Å². The lowest BCUT2D eigenvalue weighted by Crippen LogP contribution is -2.15. The van der Waals surface area contributed by atoms with Crippen molar-refractivity contribution in [3.63, 3.8) is 0 Å². The van der Waals surface area contributed by atoms with Crippen molar-refractivity contribution in [1.29, 1.82) is 0 Å². The molecule has 0 aliphatic rings. The van der Waals surface area contributed by atoms with Gasteiger partial charge in [0.15, 0.2) is 0 Å². The summed E-state index contributed by atoms with van der Waals surface area (Å²) < 4.78 is 1.97. The van der Waals surface area contributed by atoms with Crippen molar-refractivity contribution in [3.05, 3.63) is 78.3 Å². The minimum atomic E-state index is -0.373. The Morgan fingerprint density at radius 2 is 2.00 bits per heavy atom. The monoisotopic (exact) mass is 392 g/mol. The number of nitrogens with zero attached hydrogens (tertiary/aromatic N) is 3. The fraction of sp³-hybridized carbons (Fsp3) is 0.143. The van der Waals surface area contributed by atoms with Crippen LogP contribution in [-0.4, -0.2) is 26.9 Å². The first-order valence-corrected chi connectivity index (χ1v) is 8.84. The largest absolute Gasteiger partial charge is 0.404 e. The van der Waals surface area contributed by atoms with Crippen molar-refractivity contribution in [2.24, 2.45) is 12.8 Å². The average Bonchev–Trinajstić information content (AvgIpc) is 3.09. The molecule has 1 aromatic carbocycles. The van der Waals surface area contributed by atoms with Gasteiger partial charge in [-0.2, -0.15) is 0 Å². The number of amides is 2. The SMILES string of the molecule is Cc1ccc(NC(=O)/C(=C/N)c2ccccn2)cc1NC=O.Cc1cncn1C. The van der Waals surface area contributed by atoms with Gasteiger partial charge in [0.1, 0.15) is 0 Å². The third-order valence-corrected chi connectivity index (χ3v) is 4.12. The molecule has 4 N–H and O–H groups in total. The Balaban J connectivity index is 0.000000360. The zero-order valence-electron chi connectivity index (χ0n) is 16.6. The minimum absolute atomic E-state index is 0.270. The number of rotatable bonds is 5. The average molecular weight is 392 g/mol. The number of benzene rings is 1. The Morgan fingerprint density at radius 1 is 1.21 bits per heavy atom. The molecular formula is C21H24N6O2. The molecule has 3 aromatic rings. The van der Waals surface area contributed by atoms with E-state index in [4.69, 9.17) is 5.73 Å². The number of carbonyl (C=O) groups is 2. The van der Waals surface area contributed by atoms with E-state index >= 15 is 0 Å². The van der Waals surface area contributed by atoms with E-state index in [0.29, 0.717) is 23.5 Å². The molecule has 0 aliphatic carbocycles. The molecule has 8 nitrogen and oxygen atoms in total. The summed E-state index contributed by atoms with van der Waals surface area (Å²) in [5.74, 6) is -0.373. The molecule has 0 unspecified atom stereocenters.